The summed E-state index contributed by atoms with van der Waals surface area (Å²) >= 11 is 0. The second kappa shape index (κ2) is 5.74. The standard InChI is InChI=1S/C16H18N2O2/c1-4-11-6-5-7-12-14(18(2)3)9-8-13(15(11)12)16(20)17-10-19/h5-10H,4H2,1-3H3,(H,17,19,20). The molecule has 0 aliphatic heterocycles. The highest BCUT2D eigenvalue weighted by Crippen LogP contribution is 2.31. The van der Waals surface area contributed by atoms with E-state index in [1.165, 1.54) is 0 Å². The van der Waals surface area contributed by atoms with E-state index in [0.29, 0.717) is 12.0 Å². The molecule has 0 aliphatic carbocycles. The predicted molar refractivity (Wildman–Crippen MR) is 81.2 cm³/mol. The average molecular weight is 270 g/mol. The largest absolute Gasteiger partial charge is 0.377 e. The van der Waals surface area contributed by atoms with Gasteiger partial charge in [0.05, 0.1) is 0 Å². The summed E-state index contributed by atoms with van der Waals surface area (Å²) in [4.78, 5) is 24.6. The molecule has 104 valence electrons. The van der Waals surface area contributed by atoms with Crippen LogP contribution >= 0.6 is 0 Å². The Morgan fingerprint density at radius 1 is 1.25 bits per heavy atom. The molecule has 0 aromatic heterocycles. The van der Waals surface area contributed by atoms with Crippen LogP contribution in [0.3, 0.4) is 0 Å². The number of nitrogens with zero attached hydrogens (tertiary/aromatic N) is 1. The van der Waals surface area contributed by atoms with Crippen molar-refractivity contribution in [3.05, 3.63) is 41.5 Å². The van der Waals surface area contributed by atoms with Crippen molar-refractivity contribution in [3.63, 3.8) is 0 Å². The van der Waals surface area contributed by atoms with E-state index in [0.717, 1.165) is 28.4 Å². The van der Waals surface area contributed by atoms with E-state index in [2.05, 4.69) is 12.2 Å². The molecule has 20 heavy (non-hydrogen) atoms. The summed E-state index contributed by atoms with van der Waals surface area (Å²) in [5.74, 6) is -0.365. The fourth-order valence-electron chi connectivity index (χ4n) is 2.47. The molecule has 4 heteroatoms. The molecule has 0 aliphatic rings. The maximum atomic E-state index is 12.1. The number of aryl methyl sites for hydroxylation is 1. The van der Waals surface area contributed by atoms with Crippen molar-refractivity contribution < 1.29 is 9.59 Å². The summed E-state index contributed by atoms with van der Waals surface area (Å²) < 4.78 is 0. The molecule has 0 unspecified atom stereocenters. The molecule has 0 spiro atoms. The van der Waals surface area contributed by atoms with Gasteiger partial charge in [0, 0.05) is 30.7 Å². The second-order valence-electron chi connectivity index (χ2n) is 4.81. The first-order chi connectivity index (χ1) is 9.60. The van der Waals surface area contributed by atoms with Gasteiger partial charge in [0.15, 0.2) is 0 Å². The Labute approximate surface area is 118 Å². The number of hydrogen-bond donors (Lipinski definition) is 1. The van der Waals surface area contributed by atoms with Gasteiger partial charge in [0.2, 0.25) is 6.41 Å². The van der Waals surface area contributed by atoms with E-state index in [4.69, 9.17) is 0 Å². The van der Waals surface area contributed by atoms with Crippen molar-refractivity contribution >= 4 is 28.8 Å². The minimum Gasteiger partial charge on any atom is -0.377 e. The van der Waals surface area contributed by atoms with Gasteiger partial charge in [-0.05, 0) is 29.5 Å². The van der Waals surface area contributed by atoms with Crippen molar-refractivity contribution in [2.24, 2.45) is 0 Å². The molecule has 0 saturated heterocycles. The lowest BCUT2D eigenvalue weighted by Gasteiger charge is -2.18. The van der Waals surface area contributed by atoms with Gasteiger partial charge in [0.25, 0.3) is 5.91 Å². The van der Waals surface area contributed by atoms with Crippen molar-refractivity contribution in [1.82, 2.24) is 5.32 Å². The average Bonchev–Trinajstić information content (AvgIpc) is 2.45. The van der Waals surface area contributed by atoms with Gasteiger partial charge >= 0.3 is 0 Å². The van der Waals surface area contributed by atoms with Crippen LogP contribution in [0.15, 0.2) is 30.3 Å². The predicted octanol–water partition coefficient (Wildman–Crippen LogP) is 2.35. The van der Waals surface area contributed by atoms with Gasteiger partial charge in [-0.2, -0.15) is 0 Å². The van der Waals surface area contributed by atoms with Crippen LogP contribution in [0.4, 0.5) is 5.69 Å². The maximum absolute atomic E-state index is 12.1. The lowest BCUT2D eigenvalue weighted by molar-refractivity contribution is -0.108. The number of rotatable bonds is 4. The summed E-state index contributed by atoms with van der Waals surface area (Å²) in [6.45, 7) is 2.05. The minimum atomic E-state index is -0.365. The fourth-order valence-corrected chi connectivity index (χ4v) is 2.47. The van der Waals surface area contributed by atoms with Crippen LogP contribution < -0.4 is 10.2 Å². The Morgan fingerprint density at radius 3 is 2.60 bits per heavy atom. The molecule has 0 fully saturated rings. The number of fused-ring (bicyclic) bond motifs is 1. The second-order valence-corrected chi connectivity index (χ2v) is 4.81. The highest BCUT2D eigenvalue weighted by atomic mass is 16.2. The third-order valence-electron chi connectivity index (χ3n) is 3.40. The zero-order chi connectivity index (χ0) is 14.7. The number of benzene rings is 2. The number of hydrogen-bond acceptors (Lipinski definition) is 3. The van der Waals surface area contributed by atoms with Crippen LogP contribution in [-0.4, -0.2) is 26.4 Å². The molecule has 0 bridgehead atoms. The lowest BCUT2D eigenvalue weighted by Crippen LogP contribution is -2.22. The molecule has 1 N–H and O–H groups in total. The number of amides is 2. The van der Waals surface area contributed by atoms with E-state index in [1.54, 1.807) is 6.07 Å². The van der Waals surface area contributed by atoms with E-state index >= 15 is 0 Å². The molecule has 0 radical (unpaired) electrons. The summed E-state index contributed by atoms with van der Waals surface area (Å²) in [7, 11) is 3.94. The quantitative estimate of drug-likeness (QED) is 0.868. The summed E-state index contributed by atoms with van der Waals surface area (Å²) in [5, 5.41) is 4.16. The first kappa shape index (κ1) is 14.1. The van der Waals surface area contributed by atoms with E-state index < -0.39 is 0 Å². The molecule has 2 amide bonds. The zero-order valence-corrected chi connectivity index (χ0v) is 11.9. The Bertz CT molecular complexity index is 663. The molecule has 0 atom stereocenters. The molecular formula is C16H18N2O2. The van der Waals surface area contributed by atoms with Gasteiger partial charge in [-0.3, -0.25) is 14.9 Å². The number of imide groups is 1. The number of carbonyl (C=O) groups excluding carboxylic acids is 2. The van der Waals surface area contributed by atoms with Crippen LogP contribution in [0, 0.1) is 0 Å². The SMILES string of the molecule is CCc1cccc2c(N(C)C)ccc(C(=O)NC=O)c12. The molecular weight excluding hydrogens is 252 g/mol. The van der Waals surface area contributed by atoms with Crippen molar-refractivity contribution in [1.29, 1.82) is 0 Å². The van der Waals surface area contributed by atoms with Gasteiger partial charge in [0.1, 0.15) is 0 Å². The third kappa shape index (κ3) is 2.37. The minimum absolute atomic E-state index is 0.365. The van der Waals surface area contributed by atoms with Crippen LogP contribution in [-0.2, 0) is 11.2 Å². The number of anilines is 1. The van der Waals surface area contributed by atoms with Gasteiger partial charge in [-0.15, -0.1) is 0 Å². The number of nitrogens with one attached hydrogen (secondary N) is 1. The van der Waals surface area contributed by atoms with Crippen molar-refractivity contribution in [2.45, 2.75) is 13.3 Å². The van der Waals surface area contributed by atoms with Crippen LogP contribution in [0.2, 0.25) is 0 Å². The van der Waals surface area contributed by atoms with Crippen LogP contribution in [0.25, 0.3) is 10.8 Å². The van der Waals surface area contributed by atoms with Gasteiger partial charge in [-0.25, -0.2) is 0 Å². The van der Waals surface area contributed by atoms with E-state index in [9.17, 15) is 9.59 Å². The molecule has 2 aromatic carbocycles. The third-order valence-corrected chi connectivity index (χ3v) is 3.40. The van der Waals surface area contributed by atoms with Gasteiger partial charge < -0.3 is 4.90 Å². The Hall–Kier alpha value is -2.36. The highest BCUT2D eigenvalue weighted by Gasteiger charge is 2.15. The molecule has 0 saturated carbocycles. The molecule has 2 rings (SSSR count). The summed E-state index contributed by atoms with van der Waals surface area (Å²) in [5.41, 5.74) is 2.69. The van der Waals surface area contributed by atoms with Crippen molar-refractivity contribution in [2.75, 3.05) is 19.0 Å². The summed E-state index contributed by atoms with van der Waals surface area (Å²) in [6.07, 6.45) is 1.25. The molecule has 0 heterocycles. The highest BCUT2D eigenvalue weighted by molar-refractivity contribution is 6.13. The monoisotopic (exact) mass is 270 g/mol. The van der Waals surface area contributed by atoms with Crippen LogP contribution in [0.5, 0.6) is 0 Å². The Morgan fingerprint density at radius 2 is 2.00 bits per heavy atom. The zero-order valence-electron chi connectivity index (χ0n) is 11.9. The fraction of sp³-hybridized carbons (Fsp3) is 0.250. The topological polar surface area (TPSA) is 49.4 Å². The van der Waals surface area contributed by atoms with Crippen molar-refractivity contribution in [3.8, 4) is 0 Å². The van der Waals surface area contributed by atoms with Crippen LogP contribution in [0.1, 0.15) is 22.8 Å². The van der Waals surface area contributed by atoms with E-state index in [1.807, 2.05) is 43.3 Å². The maximum Gasteiger partial charge on any atom is 0.258 e. The molecule has 2 aromatic rings. The molecule has 4 nitrogen and oxygen atoms in total. The number of carbonyl (C=O) groups is 2. The Kier molecular flexibility index (Phi) is 4.03. The smallest absolute Gasteiger partial charge is 0.258 e. The normalized spacial score (nSPS) is 10.3. The first-order valence-electron chi connectivity index (χ1n) is 6.56. The van der Waals surface area contributed by atoms with Gasteiger partial charge in [-0.1, -0.05) is 25.1 Å². The summed E-state index contributed by atoms with van der Waals surface area (Å²) in [6, 6.07) is 9.69. The first-order valence-corrected chi connectivity index (χ1v) is 6.56. The Balaban J connectivity index is 2.80. The van der Waals surface area contributed by atoms with E-state index in [-0.39, 0.29) is 5.91 Å². The lowest BCUT2D eigenvalue weighted by atomic mass is 9.96.